The second kappa shape index (κ2) is 3.46. The van der Waals surface area contributed by atoms with Gasteiger partial charge in [-0.05, 0) is 6.42 Å². The second-order valence-corrected chi connectivity index (χ2v) is 3.74. The molecule has 0 unspecified atom stereocenters. The van der Waals surface area contributed by atoms with Crippen molar-refractivity contribution in [3.63, 3.8) is 0 Å². The maximum absolute atomic E-state index is 10.0. The molecule has 0 aromatic carbocycles. The summed E-state index contributed by atoms with van der Waals surface area (Å²) in [6.07, 6.45) is -0.741. The summed E-state index contributed by atoms with van der Waals surface area (Å²) in [4.78, 5) is 0. The van der Waals surface area contributed by atoms with Crippen LogP contribution in [-0.2, 0) is 10.1 Å². The van der Waals surface area contributed by atoms with Gasteiger partial charge in [0.2, 0.25) is 0 Å². The van der Waals surface area contributed by atoms with Crippen LogP contribution in [0.4, 0.5) is 0 Å². The van der Waals surface area contributed by atoms with Gasteiger partial charge in [-0.25, -0.2) is 0 Å². The Morgan fingerprint density at radius 1 is 1.18 bits per heavy atom. The lowest BCUT2D eigenvalue weighted by Gasteiger charge is -2.12. The molecular weight excluding hydrogens is 176 g/mol. The molecule has 0 saturated heterocycles. The average molecular weight is 186 g/mol. The van der Waals surface area contributed by atoms with E-state index in [1.54, 1.807) is 0 Å². The van der Waals surface area contributed by atoms with Gasteiger partial charge in [0.15, 0.2) is 0 Å². The quantitative estimate of drug-likeness (QED) is 0.307. The highest BCUT2D eigenvalue weighted by Crippen LogP contribution is 2.04. The molecule has 0 amide bonds. The highest BCUT2D eigenvalue weighted by Gasteiger charge is 2.18. The third kappa shape index (κ3) is 9.79. The molecular formula is C4H10O6S. The summed E-state index contributed by atoms with van der Waals surface area (Å²) >= 11 is 0. The maximum Gasteiger partial charge on any atom is 0.275 e. The molecule has 0 radical (unpaired) electrons. The monoisotopic (exact) mass is 186 g/mol. The lowest BCUT2D eigenvalue weighted by molar-refractivity contribution is -0.314. The van der Waals surface area contributed by atoms with E-state index in [1.165, 1.54) is 0 Å². The summed E-state index contributed by atoms with van der Waals surface area (Å²) in [6.45, 7) is 0. The molecule has 0 aliphatic carbocycles. The third-order valence-electron chi connectivity index (χ3n) is 0.914. The molecule has 0 bridgehead atoms. The Bertz CT molecular complexity index is 199. The second-order valence-electron chi connectivity index (χ2n) is 2.16. The van der Waals surface area contributed by atoms with Crippen LogP contribution in [0, 0.1) is 0 Å². The van der Waals surface area contributed by atoms with E-state index in [0.717, 1.165) is 0 Å². The van der Waals surface area contributed by atoms with Crippen LogP contribution in [0.1, 0.15) is 12.8 Å². The smallest absolute Gasteiger partial charge is 0.275 e. The molecule has 6 nitrogen and oxygen atoms in total. The molecule has 11 heavy (non-hydrogen) atoms. The molecule has 0 aromatic rings. The van der Waals surface area contributed by atoms with Gasteiger partial charge in [0, 0.05) is 6.42 Å². The van der Waals surface area contributed by atoms with Crippen LogP contribution < -0.4 is 0 Å². The zero-order chi connectivity index (χ0) is 9.12. The van der Waals surface area contributed by atoms with Gasteiger partial charge >= 0.3 is 0 Å². The maximum atomic E-state index is 10.0. The molecule has 68 valence electrons. The van der Waals surface area contributed by atoms with Gasteiger partial charge in [0.05, 0.1) is 5.75 Å². The van der Waals surface area contributed by atoms with Crippen LogP contribution in [0.5, 0.6) is 0 Å². The van der Waals surface area contributed by atoms with Gasteiger partial charge in [-0.2, -0.15) is 8.42 Å². The van der Waals surface area contributed by atoms with E-state index < -0.39 is 28.3 Å². The average Bonchev–Trinajstić information content (AvgIpc) is 1.55. The van der Waals surface area contributed by atoms with Gasteiger partial charge in [-0.3, -0.25) is 4.55 Å². The van der Waals surface area contributed by atoms with E-state index in [1.807, 2.05) is 0 Å². The predicted octanol–water partition coefficient (Wildman–Crippen LogP) is -1.71. The Labute approximate surface area is 63.8 Å². The first kappa shape index (κ1) is 10.8. The minimum absolute atomic E-state index is 0.220. The Kier molecular flexibility index (Phi) is 3.39. The third-order valence-corrected chi connectivity index (χ3v) is 1.72. The summed E-state index contributed by atoms with van der Waals surface area (Å²) in [7, 11) is -4.08. The molecule has 0 saturated carbocycles. The first-order valence-electron chi connectivity index (χ1n) is 2.83. The van der Waals surface area contributed by atoms with E-state index >= 15 is 0 Å². The van der Waals surface area contributed by atoms with Gasteiger partial charge in [-0.1, -0.05) is 0 Å². The van der Waals surface area contributed by atoms with Gasteiger partial charge in [0.25, 0.3) is 16.1 Å². The van der Waals surface area contributed by atoms with E-state index in [2.05, 4.69) is 0 Å². The van der Waals surface area contributed by atoms with Crippen molar-refractivity contribution in [1.29, 1.82) is 0 Å². The first-order chi connectivity index (χ1) is 4.71. The highest BCUT2D eigenvalue weighted by atomic mass is 32.2. The van der Waals surface area contributed by atoms with Crippen molar-refractivity contribution in [3.05, 3.63) is 0 Å². The van der Waals surface area contributed by atoms with Crippen molar-refractivity contribution in [2.45, 2.75) is 18.8 Å². The van der Waals surface area contributed by atoms with E-state index in [9.17, 15) is 8.42 Å². The van der Waals surface area contributed by atoms with E-state index in [-0.39, 0.29) is 6.42 Å². The van der Waals surface area contributed by atoms with Gasteiger partial charge in [-0.15, -0.1) is 0 Å². The van der Waals surface area contributed by atoms with Crippen LogP contribution in [0.25, 0.3) is 0 Å². The largest absolute Gasteiger partial charge is 0.344 e. The molecule has 4 N–H and O–H groups in total. The summed E-state index contributed by atoms with van der Waals surface area (Å²) in [5.41, 5.74) is 0. The summed E-state index contributed by atoms with van der Waals surface area (Å²) in [6, 6.07) is 0. The van der Waals surface area contributed by atoms with Crippen LogP contribution in [0.3, 0.4) is 0 Å². The SMILES string of the molecule is O=S(=O)(O)CCCC(O)(O)O. The zero-order valence-corrected chi connectivity index (χ0v) is 6.45. The zero-order valence-electron chi connectivity index (χ0n) is 5.63. The number of aliphatic hydroxyl groups is 3. The normalized spacial score (nSPS) is 13.5. The van der Waals surface area contributed by atoms with Crippen molar-refractivity contribution in [2.24, 2.45) is 0 Å². The van der Waals surface area contributed by atoms with Crippen molar-refractivity contribution in [1.82, 2.24) is 0 Å². The van der Waals surface area contributed by atoms with Crippen molar-refractivity contribution < 1.29 is 28.3 Å². The minimum Gasteiger partial charge on any atom is -0.344 e. The number of hydrogen-bond acceptors (Lipinski definition) is 5. The summed E-state index contributed by atoms with van der Waals surface area (Å²) in [5, 5.41) is 24.7. The molecule has 7 heteroatoms. The Morgan fingerprint density at radius 3 is 1.91 bits per heavy atom. The lowest BCUT2D eigenvalue weighted by Crippen LogP contribution is -2.27. The summed E-state index contributed by atoms with van der Waals surface area (Å²) < 4.78 is 28.2. The van der Waals surface area contributed by atoms with Crippen LogP contribution in [0.15, 0.2) is 0 Å². The Balaban J connectivity index is 3.61. The molecule has 0 spiro atoms. The van der Waals surface area contributed by atoms with Crippen LogP contribution in [0.2, 0.25) is 0 Å². The van der Waals surface area contributed by atoms with Gasteiger partial charge < -0.3 is 15.3 Å². The molecule has 0 atom stereocenters. The topological polar surface area (TPSA) is 115 Å². The first-order valence-corrected chi connectivity index (χ1v) is 4.44. The molecule has 0 aliphatic heterocycles. The highest BCUT2D eigenvalue weighted by molar-refractivity contribution is 7.85. The molecule has 0 aromatic heterocycles. The fourth-order valence-electron chi connectivity index (χ4n) is 0.492. The van der Waals surface area contributed by atoms with Crippen LogP contribution >= 0.6 is 0 Å². The van der Waals surface area contributed by atoms with E-state index in [4.69, 9.17) is 19.9 Å². The van der Waals surface area contributed by atoms with Crippen molar-refractivity contribution >= 4 is 10.1 Å². The number of hydrogen-bond donors (Lipinski definition) is 4. The van der Waals surface area contributed by atoms with Gasteiger partial charge in [0.1, 0.15) is 0 Å². The fraction of sp³-hybridized carbons (Fsp3) is 1.00. The van der Waals surface area contributed by atoms with E-state index in [0.29, 0.717) is 0 Å². The fourth-order valence-corrected chi connectivity index (χ4v) is 1.00. The minimum atomic E-state index is -4.08. The Hall–Kier alpha value is -0.210. The molecule has 0 aliphatic rings. The Morgan fingerprint density at radius 2 is 1.64 bits per heavy atom. The summed E-state index contributed by atoms with van der Waals surface area (Å²) in [5.74, 6) is -3.46. The molecule has 0 fully saturated rings. The molecule has 0 rings (SSSR count). The lowest BCUT2D eigenvalue weighted by atomic mass is 10.3. The van der Waals surface area contributed by atoms with Crippen LogP contribution in [-0.4, -0.2) is 40.0 Å². The predicted molar refractivity (Wildman–Crippen MR) is 35.0 cm³/mol. The molecule has 0 heterocycles. The van der Waals surface area contributed by atoms with Crippen molar-refractivity contribution in [2.75, 3.05) is 5.75 Å². The standard InChI is InChI=1S/C4H10O6S/c5-4(6,7)2-1-3-11(8,9)10/h5-7H,1-3H2,(H,8,9,10). The van der Waals surface area contributed by atoms with Crippen molar-refractivity contribution in [3.8, 4) is 0 Å². The number of rotatable bonds is 4.